The van der Waals surface area contributed by atoms with E-state index in [1.165, 1.54) is 13.2 Å². The van der Waals surface area contributed by atoms with Gasteiger partial charge in [0.2, 0.25) is 0 Å². The molecule has 0 N–H and O–H groups in total. The Morgan fingerprint density at radius 2 is 1.83 bits per heavy atom. The molecular weight excluding hydrogens is 249 g/mol. The van der Waals surface area contributed by atoms with Crippen molar-refractivity contribution in [2.45, 2.75) is 18.9 Å². The van der Waals surface area contributed by atoms with Crippen LogP contribution in [0.4, 0.5) is 13.2 Å². The minimum absolute atomic E-state index is 0.248. The quantitative estimate of drug-likeness (QED) is 0.820. The number of halogens is 3. The van der Waals surface area contributed by atoms with Gasteiger partial charge in [-0.25, -0.2) is 0 Å². The Morgan fingerprint density at radius 1 is 1.22 bits per heavy atom. The Hall–Kier alpha value is -1.27. The highest BCUT2D eigenvalue weighted by atomic mass is 19.4. The largest absolute Gasteiger partial charge is 0.496 e. The zero-order valence-corrected chi connectivity index (χ0v) is 10.0. The molecule has 0 radical (unpaired) electrons. The summed E-state index contributed by atoms with van der Waals surface area (Å²) < 4.78 is 53.9. The van der Waals surface area contributed by atoms with Crippen LogP contribution in [0.1, 0.15) is 18.1 Å². The number of hydrogen-bond donors (Lipinski definition) is 0. The fraction of sp³-hybridized carbons (Fsp3) is 0.500. The minimum atomic E-state index is -4.41. The van der Waals surface area contributed by atoms with Crippen LogP contribution in [0.5, 0.6) is 5.75 Å². The molecule has 0 saturated carbocycles. The Kier molecular flexibility index (Phi) is 3.25. The van der Waals surface area contributed by atoms with Gasteiger partial charge in [0.15, 0.2) is 5.79 Å². The van der Waals surface area contributed by atoms with E-state index in [4.69, 9.17) is 14.2 Å². The molecule has 1 aromatic rings. The summed E-state index contributed by atoms with van der Waals surface area (Å²) >= 11 is 0. The first kappa shape index (κ1) is 13.2. The van der Waals surface area contributed by atoms with Crippen LogP contribution in [0.25, 0.3) is 0 Å². The van der Waals surface area contributed by atoms with E-state index in [-0.39, 0.29) is 5.56 Å². The van der Waals surface area contributed by atoms with Gasteiger partial charge in [-0.3, -0.25) is 0 Å². The van der Waals surface area contributed by atoms with E-state index < -0.39 is 17.5 Å². The van der Waals surface area contributed by atoms with E-state index in [9.17, 15) is 13.2 Å². The molecule has 2 rings (SSSR count). The normalized spacial score (nSPS) is 18.9. The number of benzene rings is 1. The van der Waals surface area contributed by atoms with Gasteiger partial charge in [0, 0.05) is 0 Å². The summed E-state index contributed by atoms with van der Waals surface area (Å²) in [4.78, 5) is 0. The van der Waals surface area contributed by atoms with Crippen LogP contribution in [-0.2, 0) is 21.4 Å². The van der Waals surface area contributed by atoms with Gasteiger partial charge in [-0.15, -0.1) is 0 Å². The van der Waals surface area contributed by atoms with Gasteiger partial charge in [0.1, 0.15) is 5.75 Å². The highest BCUT2D eigenvalue weighted by molar-refractivity contribution is 5.41. The Balaban J connectivity index is 2.49. The van der Waals surface area contributed by atoms with E-state index in [0.717, 1.165) is 12.1 Å². The lowest BCUT2D eigenvalue weighted by atomic mass is 10.0. The van der Waals surface area contributed by atoms with Crippen molar-refractivity contribution < 1.29 is 27.4 Å². The maximum Gasteiger partial charge on any atom is 0.416 e. The molecule has 0 bridgehead atoms. The first-order valence-corrected chi connectivity index (χ1v) is 5.40. The Bertz CT molecular complexity index is 437. The van der Waals surface area contributed by atoms with Crippen molar-refractivity contribution in [3.63, 3.8) is 0 Å². The molecule has 3 nitrogen and oxygen atoms in total. The van der Waals surface area contributed by atoms with Crippen molar-refractivity contribution in [1.29, 1.82) is 0 Å². The summed E-state index contributed by atoms with van der Waals surface area (Å²) in [7, 11) is 1.39. The van der Waals surface area contributed by atoms with Crippen molar-refractivity contribution in [1.82, 2.24) is 0 Å². The second-order valence-electron chi connectivity index (χ2n) is 4.06. The van der Waals surface area contributed by atoms with Gasteiger partial charge in [0.05, 0.1) is 31.5 Å². The fourth-order valence-electron chi connectivity index (χ4n) is 1.91. The SMILES string of the molecule is COc1ccc(C(F)(F)F)cc1C1(C)OCCO1. The summed E-state index contributed by atoms with van der Waals surface area (Å²) in [5.41, 5.74) is -0.504. The smallest absolute Gasteiger partial charge is 0.416 e. The van der Waals surface area contributed by atoms with Gasteiger partial charge in [-0.2, -0.15) is 13.2 Å². The molecule has 100 valence electrons. The van der Waals surface area contributed by atoms with Crippen LogP contribution in [0.15, 0.2) is 18.2 Å². The van der Waals surface area contributed by atoms with E-state index >= 15 is 0 Å². The Morgan fingerprint density at radius 3 is 2.33 bits per heavy atom. The number of alkyl halides is 3. The predicted molar refractivity (Wildman–Crippen MR) is 57.3 cm³/mol. The zero-order chi connectivity index (χ0) is 13.4. The van der Waals surface area contributed by atoms with Crippen LogP contribution in [-0.4, -0.2) is 20.3 Å². The lowest BCUT2D eigenvalue weighted by Gasteiger charge is -2.25. The standard InChI is InChI=1S/C12H13F3O3/c1-11(17-5-6-18-11)9-7-8(12(13,14)15)3-4-10(9)16-2/h3-4,7H,5-6H2,1-2H3. The maximum absolute atomic E-state index is 12.7. The first-order chi connectivity index (χ1) is 8.37. The summed E-state index contributed by atoms with van der Waals surface area (Å²) in [5.74, 6) is -0.875. The molecule has 6 heteroatoms. The number of rotatable bonds is 2. The molecule has 0 aliphatic carbocycles. The average molecular weight is 262 g/mol. The molecule has 0 unspecified atom stereocenters. The van der Waals surface area contributed by atoms with E-state index in [1.807, 2.05) is 0 Å². The second kappa shape index (κ2) is 4.44. The molecule has 1 aliphatic rings. The molecule has 1 aromatic carbocycles. The highest BCUT2D eigenvalue weighted by Crippen LogP contribution is 2.40. The average Bonchev–Trinajstić information content (AvgIpc) is 2.75. The van der Waals surface area contributed by atoms with Gasteiger partial charge >= 0.3 is 6.18 Å². The molecule has 0 spiro atoms. The lowest BCUT2D eigenvalue weighted by molar-refractivity contribution is -0.152. The molecule has 18 heavy (non-hydrogen) atoms. The van der Waals surface area contributed by atoms with Gasteiger partial charge < -0.3 is 14.2 Å². The van der Waals surface area contributed by atoms with E-state index in [2.05, 4.69) is 0 Å². The predicted octanol–water partition coefficient (Wildman–Crippen LogP) is 2.93. The van der Waals surface area contributed by atoms with Crippen molar-refractivity contribution >= 4 is 0 Å². The van der Waals surface area contributed by atoms with Crippen LogP contribution in [0.2, 0.25) is 0 Å². The molecule has 1 aliphatic heterocycles. The van der Waals surface area contributed by atoms with E-state index in [1.54, 1.807) is 6.92 Å². The van der Waals surface area contributed by atoms with Crippen LogP contribution in [0.3, 0.4) is 0 Å². The van der Waals surface area contributed by atoms with Crippen molar-refractivity contribution in [2.24, 2.45) is 0 Å². The summed E-state index contributed by atoms with van der Waals surface area (Å²) in [6.45, 7) is 2.27. The molecular formula is C12H13F3O3. The minimum Gasteiger partial charge on any atom is -0.496 e. The lowest BCUT2D eigenvalue weighted by Crippen LogP contribution is -2.24. The zero-order valence-electron chi connectivity index (χ0n) is 10.0. The summed E-state index contributed by atoms with van der Waals surface area (Å²) in [6, 6.07) is 3.25. The van der Waals surface area contributed by atoms with Crippen LogP contribution in [0, 0.1) is 0 Å². The summed E-state index contributed by atoms with van der Waals surface area (Å²) in [5, 5.41) is 0. The first-order valence-electron chi connectivity index (χ1n) is 5.40. The van der Waals surface area contributed by atoms with E-state index in [0.29, 0.717) is 19.0 Å². The molecule has 1 saturated heterocycles. The van der Waals surface area contributed by atoms with Gasteiger partial charge in [-0.1, -0.05) is 0 Å². The van der Waals surface area contributed by atoms with Crippen molar-refractivity contribution in [3.8, 4) is 5.75 Å². The topological polar surface area (TPSA) is 27.7 Å². The number of methoxy groups -OCH3 is 1. The third kappa shape index (κ3) is 2.30. The van der Waals surface area contributed by atoms with Crippen molar-refractivity contribution in [3.05, 3.63) is 29.3 Å². The second-order valence-corrected chi connectivity index (χ2v) is 4.06. The summed E-state index contributed by atoms with van der Waals surface area (Å²) in [6.07, 6.45) is -4.41. The van der Waals surface area contributed by atoms with Crippen molar-refractivity contribution in [2.75, 3.05) is 20.3 Å². The molecule has 1 heterocycles. The third-order valence-corrected chi connectivity index (χ3v) is 2.85. The molecule has 0 amide bonds. The number of ether oxygens (including phenoxy) is 3. The van der Waals surface area contributed by atoms with Crippen LogP contribution >= 0.6 is 0 Å². The Labute approximate surface area is 102 Å². The van der Waals surface area contributed by atoms with Crippen LogP contribution < -0.4 is 4.74 Å². The van der Waals surface area contributed by atoms with Gasteiger partial charge in [0.25, 0.3) is 0 Å². The number of hydrogen-bond acceptors (Lipinski definition) is 3. The van der Waals surface area contributed by atoms with Gasteiger partial charge in [-0.05, 0) is 25.1 Å². The molecule has 1 fully saturated rings. The monoisotopic (exact) mass is 262 g/mol. The molecule has 0 aromatic heterocycles. The highest BCUT2D eigenvalue weighted by Gasteiger charge is 2.39. The fourth-order valence-corrected chi connectivity index (χ4v) is 1.91. The molecule has 0 atom stereocenters. The maximum atomic E-state index is 12.7. The third-order valence-electron chi connectivity index (χ3n) is 2.85.